The van der Waals surface area contributed by atoms with E-state index in [1.807, 2.05) is 0 Å². The zero-order chi connectivity index (χ0) is 16.2. The van der Waals surface area contributed by atoms with Gasteiger partial charge in [0.15, 0.2) is 0 Å². The maximum Gasteiger partial charge on any atom is 0.291 e. The van der Waals surface area contributed by atoms with Gasteiger partial charge in [0.25, 0.3) is 5.91 Å². The summed E-state index contributed by atoms with van der Waals surface area (Å²) in [4.78, 5) is 19.8. The summed E-state index contributed by atoms with van der Waals surface area (Å²) in [7, 11) is 0. The lowest BCUT2D eigenvalue weighted by Gasteiger charge is -2.11. The monoisotopic (exact) mass is 350 g/mol. The van der Waals surface area contributed by atoms with Crippen LogP contribution in [0.4, 0.5) is 0 Å². The molecule has 0 saturated carbocycles. The number of carbonyl (C=O) groups excluding carboxylic acids is 1. The summed E-state index contributed by atoms with van der Waals surface area (Å²) in [6.45, 7) is 0.504. The van der Waals surface area contributed by atoms with Gasteiger partial charge in [-0.05, 0) is 25.0 Å². The van der Waals surface area contributed by atoms with Crippen LogP contribution < -0.4 is 10.2 Å². The van der Waals surface area contributed by atoms with Gasteiger partial charge in [-0.1, -0.05) is 23.2 Å². The van der Waals surface area contributed by atoms with Gasteiger partial charge in [-0.25, -0.2) is 10.4 Å². The minimum absolute atomic E-state index is 0.191. The molecule has 1 aromatic carbocycles. The molecule has 0 fully saturated rings. The molecule has 0 radical (unpaired) electrons. The van der Waals surface area contributed by atoms with Crippen molar-refractivity contribution in [2.75, 3.05) is 6.61 Å². The number of ether oxygens (including phenoxy) is 1. The molecule has 8 heteroatoms. The third-order valence-corrected chi connectivity index (χ3v) is 4.04. The van der Waals surface area contributed by atoms with Gasteiger partial charge < -0.3 is 4.74 Å². The first-order chi connectivity index (χ1) is 11.2. The number of halogens is 2. The number of hydrogen-bond acceptors (Lipinski definition) is 5. The van der Waals surface area contributed by atoms with Gasteiger partial charge in [-0.15, -0.1) is 0 Å². The number of hydrazone groups is 1. The van der Waals surface area contributed by atoms with E-state index in [1.165, 1.54) is 18.6 Å². The summed E-state index contributed by atoms with van der Waals surface area (Å²) in [5.74, 6) is 0.0570. The van der Waals surface area contributed by atoms with Gasteiger partial charge in [0, 0.05) is 18.0 Å². The molecule has 1 aliphatic heterocycles. The van der Waals surface area contributed by atoms with E-state index in [4.69, 9.17) is 27.9 Å². The molecule has 3 rings (SSSR count). The number of rotatable bonds is 2. The number of fused-ring (bicyclic) bond motifs is 1. The average Bonchev–Trinajstić information content (AvgIpc) is 2.79. The number of amides is 1. The molecule has 6 nitrogen and oxygen atoms in total. The number of aromatic nitrogens is 2. The Bertz CT molecular complexity index is 766. The van der Waals surface area contributed by atoms with Gasteiger partial charge in [0.1, 0.15) is 16.5 Å². The zero-order valence-electron chi connectivity index (χ0n) is 11.9. The highest BCUT2D eigenvalue weighted by Crippen LogP contribution is 2.37. The highest BCUT2D eigenvalue weighted by atomic mass is 35.5. The first-order valence-corrected chi connectivity index (χ1v) is 7.66. The molecule has 0 unspecified atom stereocenters. The van der Waals surface area contributed by atoms with E-state index >= 15 is 0 Å². The summed E-state index contributed by atoms with van der Waals surface area (Å²) in [6, 6.07) is 3.46. The largest absolute Gasteiger partial charge is 0.491 e. The van der Waals surface area contributed by atoms with Gasteiger partial charge in [0.2, 0.25) is 0 Å². The molecule has 2 heterocycles. The van der Waals surface area contributed by atoms with Crippen LogP contribution in [0.15, 0.2) is 35.8 Å². The maximum atomic E-state index is 12.0. The van der Waals surface area contributed by atoms with Crippen LogP contribution in [-0.2, 0) is 0 Å². The molecular formula is C15H12Cl2N4O2. The molecule has 0 aliphatic carbocycles. The fraction of sp³-hybridized carbons (Fsp3) is 0.200. The molecule has 23 heavy (non-hydrogen) atoms. The van der Waals surface area contributed by atoms with E-state index in [-0.39, 0.29) is 5.69 Å². The SMILES string of the molecule is O=C(N/N=C1/CCCOc2c1ccc(Cl)c2Cl)c1cnccn1. The Morgan fingerprint density at radius 1 is 1.30 bits per heavy atom. The molecule has 118 valence electrons. The van der Waals surface area contributed by atoms with Crippen molar-refractivity contribution in [3.63, 3.8) is 0 Å². The third kappa shape index (κ3) is 3.43. The second kappa shape index (κ2) is 6.93. The summed E-state index contributed by atoms with van der Waals surface area (Å²) in [5, 5.41) is 4.96. The van der Waals surface area contributed by atoms with Crippen molar-refractivity contribution in [1.29, 1.82) is 0 Å². The molecule has 1 N–H and O–H groups in total. The van der Waals surface area contributed by atoms with Crippen molar-refractivity contribution in [2.45, 2.75) is 12.8 Å². The first-order valence-electron chi connectivity index (χ1n) is 6.91. The van der Waals surface area contributed by atoms with Crippen LogP contribution >= 0.6 is 23.2 Å². The number of nitrogens with one attached hydrogen (secondary N) is 1. The molecule has 1 amide bonds. The summed E-state index contributed by atoms with van der Waals surface area (Å²) in [6.07, 6.45) is 5.70. The second-order valence-corrected chi connectivity index (χ2v) is 5.57. The van der Waals surface area contributed by atoms with Gasteiger partial charge in [-0.2, -0.15) is 5.10 Å². The Labute approximate surface area is 142 Å². The second-order valence-electron chi connectivity index (χ2n) is 4.78. The number of benzene rings is 1. The lowest BCUT2D eigenvalue weighted by molar-refractivity contribution is 0.0949. The van der Waals surface area contributed by atoms with Crippen molar-refractivity contribution in [1.82, 2.24) is 15.4 Å². The summed E-state index contributed by atoms with van der Waals surface area (Å²) >= 11 is 12.2. The Kier molecular flexibility index (Phi) is 4.73. The summed E-state index contributed by atoms with van der Waals surface area (Å²) in [5.41, 5.74) is 4.07. The van der Waals surface area contributed by atoms with Crippen LogP contribution in [0.3, 0.4) is 0 Å². The van der Waals surface area contributed by atoms with Crippen molar-refractivity contribution in [3.05, 3.63) is 52.0 Å². The Hall–Kier alpha value is -2.18. The standard InChI is InChI=1S/C15H12Cl2N4O2/c16-10-4-3-9-11(2-1-7-23-14(9)13(10)17)20-21-15(22)12-8-18-5-6-19-12/h3-6,8H,1-2,7H2,(H,21,22)/b20-11-. The quantitative estimate of drug-likeness (QED) is 0.844. The summed E-state index contributed by atoms with van der Waals surface area (Å²) < 4.78 is 5.65. The van der Waals surface area contributed by atoms with Gasteiger partial charge in [0.05, 0.1) is 23.5 Å². The Morgan fingerprint density at radius 2 is 2.17 bits per heavy atom. The first kappa shape index (κ1) is 15.7. The fourth-order valence-electron chi connectivity index (χ4n) is 2.16. The molecule has 1 aliphatic rings. The van der Waals surface area contributed by atoms with Crippen LogP contribution in [-0.4, -0.2) is 28.2 Å². The molecule has 1 aromatic heterocycles. The maximum absolute atomic E-state index is 12.0. The van der Waals surface area contributed by atoms with Crippen LogP contribution in [0.5, 0.6) is 5.75 Å². The van der Waals surface area contributed by atoms with Crippen molar-refractivity contribution < 1.29 is 9.53 Å². The van der Waals surface area contributed by atoms with Crippen LogP contribution in [0, 0.1) is 0 Å². The molecule has 0 saturated heterocycles. The zero-order valence-corrected chi connectivity index (χ0v) is 13.4. The lowest BCUT2D eigenvalue weighted by Crippen LogP contribution is -2.21. The van der Waals surface area contributed by atoms with E-state index < -0.39 is 5.91 Å². The normalized spacial score (nSPS) is 15.5. The van der Waals surface area contributed by atoms with Crippen molar-refractivity contribution in [2.24, 2.45) is 5.10 Å². The van der Waals surface area contributed by atoms with Crippen molar-refractivity contribution >= 4 is 34.8 Å². The molecule has 0 bridgehead atoms. The van der Waals surface area contributed by atoms with E-state index in [0.717, 1.165) is 12.0 Å². The lowest BCUT2D eigenvalue weighted by atomic mass is 10.1. The number of nitrogens with zero attached hydrogens (tertiary/aromatic N) is 3. The minimum Gasteiger partial charge on any atom is -0.491 e. The van der Waals surface area contributed by atoms with Crippen LogP contribution in [0.2, 0.25) is 10.0 Å². The third-order valence-electron chi connectivity index (χ3n) is 3.25. The van der Waals surface area contributed by atoms with Crippen molar-refractivity contribution in [3.8, 4) is 5.75 Å². The Morgan fingerprint density at radius 3 is 2.96 bits per heavy atom. The van der Waals surface area contributed by atoms with E-state index in [1.54, 1.807) is 12.1 Å². The van der Waals surface area contributed by atoms with E-state index in [0.29, 0.717) is 34.5 Å². The highest BCUT2D eigenvalue weighted by molar-refractivity contribution is 6.43. The molecular weight excluding hydrogens is 339 g/mol. The van der Waals surface area contributed by atoms with E-state index in [9.17, 15) is 4.79 Å². The Balaban J connectivity index is 1.88. The topological polar surface area (TPSA) is 76.5 Å². The smallest absolute Gasteiger partial charge is 0.291 e. The van der Waals surface area contributed by atoms with E-state index in [2.05, 4.69) is 20.5 Å². The molecule has 0 spiro atoms. The molecule has 2 aromatic rings. The van der Waals surface area contributed by atoms with Crippen LogP contribution in [0.25, 0.3) is 0 Å². The predicted molar refractivity (Wildman–Crippen MR) is 87.2 cm³/mol. The fourth-order valence-corrected chi connectivity index (χ4v) is 2.53. The molecule has 0 atom stereocenters. The predicted octanol–water partition coefficient (Wildman–Crippen LogP) is 3.09. The van der Waals surface area contributed by atoms with Gasteiger partial charge >= 0.3 is 0 Å². The highest BCUT2D eigenvalue weighted by Gasteiger charge is 2.20. The minimum atomic E-state index is -0.433. The number of hydrogen-bond donors (Lipinski definition) is 1. The van der Waals surface area contributed by atoms with Gasteiger partial charge in [-0.3, -0.25) is 9.78 Å². The number of carbonyl (C=O) groups is 1. The average molecular weight is 351 g/mol. The van der Waals surface area contributed by atoms with Crippen LogP contribution in [0.1, 0.15) is 28.9 Å².